The first kappa shape index (κ1) is 33.6. The smallest absolute Gasteiger partial charge is 0.0540 e. The van der Waals surface area contributed by atoms with Crippen LogP contribution in [0, 0.1) is 0 Å². The van der Waals surface area contributed by atoms with E-state index in [1.165, 1.54) is 86.6 Å². The van der Waals surface area contributed by atoms with Crippen LogP contribution in [-0.2, 0) is 5.41 Å². The molecule has 2 heteroatoms. The van der Waals surface area contributed by atoms with E-state index >= 15 is 0 Å². The molecule has 1 heterocycles. The number of anilines is 3. The van der Waals surface area contributed by atoms with E-state index in [2.05, 4.69) is 219 Å². The Balaban J connectivity index is 1.07. The normalized spacial score (nSPS) is 12.9. The topological polar surface area (TPSA) is 3.24 Å². The number of fused-ring (bicyclic) bond motifs is 7. The molecule has 270 valence electrons. The molecule has 9 aromatic carbocycles. The standard InChI is InChI=1S/C55H39NS/c1-55(2)50-22-8-5-18-46(50)48-21-12-20-45(54(48)55)37-27-30-42(31-28-37)56(43-16-11-15-39(34-43)40-26-25-36-13-3-4-14-38(36)33-40)51-23-9-6-17-44(51)41-29-32-53-49(35-41)47-19-7-10-24-52(47)57-53/h3-35H,1-2H3. The molecule has 0 fully saturated rings. The Hall–Kier alpha value is -6.74. The molecular formula is C55H39NS. The highest BCUT2D eigenvalue weighted by Crippen LogP contribution is 2.52. The van der Waals surface area contributed by atoms with E-state index in [0.717, 1.165) is 17.1 Å². The Morgan fingerprint density at radius 1 is 0.386 bits per heavy atom. The summed E-state index contributed by atoms with van der Waals surface area (Å²) in [5, 5.41) is 5.11. The largest absolute Gasteiger partial charge is 0.310 e. The van der Waals surface area contributed by atoms with Gasteiger partial charge in [0.15, 0.2) is 0 Å². The first-order valence-corrected chi connectivity index (χ1v) is 20.6. The van der Waals surface area contributed by atoms with Gasteiger partial charge in [-0.3, -0.25) is 0 Å². The zero-order chi connectivity index (χ0) is 38.1. The molecule has 0 atom stereocenters. The molecule has 0 saturated carbocycles. The van der Waals surface area contributed by atoms with E-state index in [1.54, 1.807) is 0 Å². The van der Waals surface area contributed by atoms with Gasteiger partial charge in [-0.2, -0.15) is 0 Å². The van der Waals surface area contributed by atoms with Crippen molar-refractivity contribution in [3.63, 3.8) is 0 Å². The Labute approximate surface area is 337 Å². The van der Waals surface area contributed by atoms with Crippen LogP contribution in [0.2, 0.25) is 0 Å². The number of hydrogen-bond donors (Lipinski definition) is 0. The van der Waals surface area contributed by atoms with Gasteiger partial charge in [0.05, 0.1) is 5.69 Å². The summed E-state index contributed by atoms with van der Waals surface area (Å²) in [6, 6.07) is 73.9. The van der Waals surface area contributed by atoms with Crippen LogP contribution in [-0.4, -0.2) is 0 Å². The van der Waals surface area contributed by atoms with E-state index in [4.69, 9.17) is 0 Å². The third kappa shape index (κ3) is 5.51. The molecule has 0 amide bonds. The third-order valence-corrected chi connectivity index (χ3v) is 13.2. The minimum Gasteiger partial charge on any atom is -0.310 e. The fraction of sp³-hybridized carbons (Fsp3) is 0.0545. The molecule has 10 aromatic rings. The number of thiophene rings is 1. The fourth-order valence-corrected chi connectivity index (χ4v) is 10.4. The molecule has 1 aromatic heterocycles. The maximum atomic E-state index is 2.44. The van der Waals surface area contributed by atoms with Gasteiger partial charge in [0, 0.05) is 42.5 Å². The summed E-state index contributed by atoms with van der Waals surface area (Å²) in [7, 11) is 0. The van der Waals surface area contributed by atoms with E-state index < -0.39 is 0 Å². The van der Waals surface area contributed by atoms with Gasteiger partial charge in [-0.05, 0) is 115 Å². The minimum absolute atomic E-state index is 0.0930. The monoisotopic (exact) mass is 745 g/mol. The van der Waals surface area contributed by atoms with Crippen molar-refractivity contribution < 1.29 is 0 Å². The van der Waals surface area contributed by atoms with Gasteiger partial charge >= 0.3 is 0 Å². The summed E-state index contributed by atoms with van der Waals surface area (Å²) in [6.07, 6.45) is 0. The second-order valence-corrected chi connectivity index (χ2v) is 16.8. The Bertz CT molecular complexity index is 3170. The highest BCUT2D eigenvalue weighted by Gasteiger charge is 2.37. The van der Waals surface area contributed by atoms with Crippen LogP contribution in [0.25, 0.3) is 75.5 Å². The number of hydrogen-bond acceptors (Lipinski definition) is 2. The number of rotatable bonds is 6. The maximum absolute atomic E-state index is 2.44. The predicted octanol–water partition coefficient (Wildman–Crippen LogP) is 16.0. The van der Waals surface area contributed by atoms with Crippen molar-refractivity contribution in [3.05, 3.63) is 211 Å². The lowest BCUT2D eigenvalue weighted by molar-refractivity contribution is 0.662. The lowest BCUT2D eigenvalue weighted by atomic mass is 9.79. The van der Waals surface area contributed by atoms with Crippen molar-refractivity contribution in [1.82, 2.24) is 0 Å². The van der Waals surface area contributed by atoms with Gasteiger partial charge in [0.2, 0.25) is 0 Å². The highest BCUT2D eigenvalue weighted by atomic mass is 32.1. The molecule has 11 rings (SSSR count). The van der Waals surface area contributed by atoms with Crippen LogP contribution in [0.1, 0.15) is 25.0 Å². The Kier molecular flexibility index (Phi) is 7.77. The second kappa shape index (κ2) is 13.2. The zero-order valence-electron chi connectivity index (χ0n) is 31.9. The fourth-order valence-electron chi connectivity index (χ4n) is 9.31. The molecule has 1 aliphatic carbocycles. The first-order valence-electron chi connectivity index (χ1n) is 19.8. The minimum atomic E-state index is -0.0930. The van der Waals surface area contributed by atoms with Crippen molar-refractivity contribution in [3.8, 4) is 44.5 Å². The van der Waals surface area contributed by atoms with Gasteiger partial charge in [0.25, 0.3) is 0 Å². The lowest BCUT2D eigenvalue weighted by Crippen LogP contribution is -2.16. The van der Waals surface area contributed by atoms with Gasteiger partial charge < -0.3 is 4.90 Å². The van der Waals surface area contributed by atoms with E-state index in [-0.39, 0.29) is 5.41 Å². The molecule has 1 aliphatic rings. The van der Waals surface area contributed by atoms with Crippen molar-refractivity contribution in [1.29, 1.82) is 0 Å². The van der Waals surface area contributed by atoms with E-state index in [9.17, 15) is 0 Å². The van der Waals surface area contributed by atoms with Crippen LogP contribution >= 0.6 is 11.3 Å². The van der Waals surface area contributed by atoms with E-state index in [0.29, 0.717) is 0 Å². The summed E-state index contributed by atoms with van der Waals surface area (Å²) in [5.74, 6) is 0. The quantitative estimate of drug-likeness (QED) is 0.164. The van der Waals surface area contributed by atoms with Gasteiger partial charge in [-0.1, -0.05) is 159 Å². The molecule has 0 aliphatic heterocycles. The second-order valence-electron chi connectivity index (χ2n) is 15.7. The highest BCUT2D eigenvalue weighted by molar-refractivity contribution is 7.25. The molecule has 0 unspecified atom stereocenters. The van der Waals surface area contributed by atoms with Crippen molar-refractivity contribution in [2.45, 2.75) is 19.3 Å². The van der Waals surface area contributed by atoms with Crippen molar-refractivity contribution in [2.24, 2.45) is 0 Å². The van der Waals surface area contributed by atoms with Crippen molar-refractivity contribution in [2.75, 3.05) is 4.90 Å². The summed E-state index contributed by atoms with van der Waals surface area (Å²) >= 11 is 1.86. The van der Waals surface area contributed by atoms with Crippen LogP contribution < -0.4 is 4.90 Å². The molecular weight excluding hydrogens is 707 g/mol. The lowest BCUT2D eigenvalue weighted by Gasteiger charge is -2.29. The van der Waals surface area contributed by atoms with Crippen molar-refractivity contribution >= 4 is 59.3 Å². The third-order valence-electron chi connectivity index (χ3n) is 12.0. The zero-order valence-corrected chi connectivity index (χ0v) is 32.7. The molecule has 0 bridgehead atoms. The Morgan fingerprint density at radius 2 is 1.04 bits per heavy atom. The van der Waals surface area contributed by atoms with Gasteiger partial charge in [-0.15, -0.1) is 11.3 Å². The summed E-state index contributed by atoms with van der Waals surface area (Å²) in [6.45, 7) is 4.74. The summed E-state index contributed by atoms with van der Waals surface area (Å²) in [4.78, 5) is 2.44. The van der Waals surface area contributed by atoms with Crippen LogP contribution in [0.4, 0.5) is 17.1 Å². The number of benzene rings is 9. The SMILES string of the molecule is CC1(C)c2ccccc2-c2cccc(-c3ccc(N(c4cccc(-c5ccc6ccccc6c5)c4)c4ccccc4-c4ccc5sc6ccccc6c5c4)cc3)c21. The maximum Gasteiger partial charge on any atom is 0.0540 e. The molecule has 0 saturated heterocycles. The van der Waals surface area contributed by atoms with Gasteiger partial charge in [-0.25, -0.2) is 0 Å². The van der Waals surface area contributed by atoms with Crippen LogP contribution in [0.5, 0.6) is 0 Å². The van der Waals surface area contributed by atoms with Gasteiger partial charge in [0.1, 0.15) is 0 Å². The predicted molar refractivity (Wildman–Crippen MR) is 245 cm³/mol. The summed E-state index contributed by atoms with van der Waals surface area (Å²) < 4.78 is 2.63. The molecule has 1 nitrogen and oxygen atoms in total. The Morgan fingerprint density at radius 3 is 1.93 bits per heavy atom. The van der Waals surface area contributed by atoms with Crippen LogP contribution in [0.15, 0.2) is 200 Å². The molecule has 0 spiro atoms. The molecule has 0 N–H and O–H groups in total. The number of para-hydroxylation sites is 1. The molecule has 57 heavy (non-hydrogen) atoms. The summed E-state index contributed by atoms with van der Waals surface area (Å²) in [5.41, 5.74) is 16.1. The first-order chi connectivity index (χ1) is 28.0. The molecule has 0 radical (unpaired) electrons. The average molecular weight is 746 g/mol. The number of nitrogens with zero attached hydrogens (tertiary/aromatic N) is 1. The average Bonchev–Trinajstić information content (AvgIpc) is 3.75. The van der Waals surface area contributed by atoms with Crippen LogP contribution in [0.3, 0.4) is 0 Å². The van der Waals surface area contributed by atoms with E-state index in [1.807, 2.05) is 11.3 Å².